The van der Waals surface area contributed by atoms with Crippen LogP contribution in [0.2, 0.25) is 5.02 Å². The summed E-state index contributed by atoms with van der Waals surface area (Å²) >= 11 is 5.95. The average Bonchev–Trinajstić information content (AvgIpc) is 2.37. The Morgan fingerprint density at radius 1 is 1.29 bits per heavy atom. The standard InChI is InChI=1S/C14H16ClNO/c15-13-7-4-8-14(12(13)9-16)17-10-11-5-2-1-3-6-11/h4,7-8,11H,1-3,5-6,10H2. The molecule has 2 nitrogen and oxygen atoms in total. The van der Waals surface area contributed by atoms with Crippen LogP contribution in [0.25, 0.3) is 0 Å². The molecule has 1 fully saturated rings. The van der Waals surface area contributed by atoms with E-state index in [1.807, 2.05) is 12.1 Å². The highest BCUT2D eigenvalue weighted by Crippen LogP contribution is 2.28. The summed E-state index contributed by atoms with van der Waals surface area (Å²) in [6, 6.07) is 7.44. The van der Waals surface area contributed by atoms with Crippen molar-refractivity contribution < 1.29 is 4.74 Å². The van der Waals surface area contributed by atoms with Crippen LogP contribution in [0.3, 0.4) is 0 Å². The number of hydrogen-bond acceptors (Lipinski definition) is 2. The summed E-state index contributed by atoms with van der Waals surface area (Å²) in [4.78, 5) is 0. The molecule has 0 aromatic heterocycles. The van der Waals surface area contributed by atoms with Crippen molar-refractivity contribution in [2.75, 3.05) is 6.61 Å². The number of benzene rings is 1. The van der Waals surface area contributed by atoms with Gasteiger partial charge in [0.15, 0.2) is 0 Å². The van der Waals surface area contributed by atoms with Gasteiger partial charge in [-0.1, -0.05) is 36.9 Å². The van der Waals surface area contributed by atoms with Crippen LogP contribution in [-0.4, -0.2) is 6.61 Å². The molecule has 2 rings (SSSR count). The largest absolute Gasteiger partial charge is 0.492 e. The van der Waals surface area contributed by atoms with Crippen LogP contribution in [0.4, 0.5) is 0 Å². The third-order valence-electron chi connectivity index (χ3n) is 3.29. The van der Waals surface area contributed by atoms with Crippen LogP contribution >= 0.6 is 11.6 Å². The summed E-state index contributed by atoms with van der Waals surface area (Å²) in [5.41, 5.74) is 0.449. The van der Waals surface area contributed by atoms with Gasteiger partial charge in [0.05, 0.1) is 11.6 Å². The summed E-state index contributed by atoms with van der Waals surface area (Å²) < 4.78 is 5.74. The number of halogens is 1. The van der Waals surface area contributed by atoms with E-state index in [2.05, 4.69) is 6.07 Å². The highest BCUT2D eigenvalue weighted by Gasteiger charge is 2.15. The average molecular weight is 250 g/mol. The lowest BCUT2D eigenvalue weighted by atomic mass is 9.90. The zero-order valence-corrected chi connectivity index (χ0v) is 10.5. The van der Waals surface area contributed by atoms with Gasteiger partial charge in [-0.2, -0.15) is 5.26 Å². The molecule has 1 saturated carbocycles. The van der Waals surface area contributed by atoms with Gasteiger partial charge in [0.25, 0.3) is 0 Å². The zero-order valence-electron chi connectivity index (χ0n) is 9.79. The van der Waals surface area contributed by atoms with Crippen LogP contribution in [0.15, 0.2) is 18.2 Å². The Bertz CT molecular complexity index is 419. The van der Waals surface area contributed by atoms with Gasteiger partial charge in [-0.15, -0.1) is 0 Å². The monoisotopic (exact) mass is 249 g/mol. The van der Waals surface area contributed by atoms with Crippen molar-refractivity contribution in [2.45, 2.75) is 32.1 Å². The van der Waals surface area contributed by atoms with Crippen LogP contribution < -0.4 is 4.74 Å². The fourth-order valence-electron chi connectivity index (χ4n) is 2.29. The highest BCUT2D eigenvalue weighted by atomic mass is 35.5. The molecule has 1 aromatic rings. The molecule has 0 radical (unpaired) electrons. The second kappa shape index (κ2) is 5.93. The summed E-state index contributed by atoms with van der Waals surface area (Å²) in [5.74, 6) is 1.25. The van der Waals surface area contributed by atoms with Crippen molar-refractivity contribution in [3.63, 3.8) is 0 Å². The van der Waals surface area contributed by atoms with E-state index in [0.717, 1.165) is 0 Å². The van der Waals surface area contributed by atoms with Gasteiger partial charge < -0.3 is 4.74 Å². The van der Waals surface area contributed by atoms with E-state index in [9.17, 15) is 0 Å². The lowest BCUT2D eigenvalue weighted by molar-refractivity contribution is 0.208. The maximum absolute atomic E-state index is 9.02. The predicted molar refractivity (Wildman–Crippen MR) is 68.2 cm³/mol. The SMILES string of the molecule is N#Cc1c(Cl)cccc1OCC1CCCCC1. The number of nitriles is 1. The number of nitrogens with zero attached hydrogens (tertiary/aromatic N) is 1. The Morgan fingerprint density at radius 2 is 2.06 bits per heavy atom. The predicted octanol–water partition coefficient (Wildman–Crippen LogP) is 4.17. The molecule has 0 unspecified atom stereocenters. The molecular formula is C14H16ClNO. The van der Waals surface area contributed by atoms with Gasteiger partial charge in [-0.3, -0.25) is 0 Å². The van der Waals surface area contributed by atoms with Crippen LogP contribution in [0.1, 0.15) is 37.7 Å². The molecule has 1 aliphatic carbocycles. The van der Waals surface area contributed by atoms with Gasteiger partial charge in [-0.05, 0) is 30.9 Å². The molecular weight excluding hydrogens is 234 g/mol. The molecule has 17 heavy (non-hydrogen) atoms. The van der Waals surface area contributed by atoms with Crippen molar-refractivity contribution in [2.24, 2.45) is 5.92 Å². The molecule has 0 N–H and O–H groups in total. The van der Waals surface area contributed by atoms with E-state index in [1.165, 1.54) is 32.1 Å². The Hall–Kier alpha value is -1.20. The number of hydrogen-bond donors (Lipinski definition) is 0. The molecule has 0 atom stereocenters. The fourth-order valence-corrected chi connectivity index (χ4v) is 2.50. The highest BCUT2D eigenvalue weighted by molar-refractivity contribution is 6.31. The van der Waals surface area contributed by atoms with Gasteiger partial charge >= 0.3 is 0 Å². The van der Waals surface area contributed by atoms with Crippen molar-refractivity contribution in [1.29, 1.82) is 5.26 Å². The lowest BCUT2D eigenvalue weighted by Crippen LogP contribution is -2.15. The fraction of sp³-hybridized carbons (Fsp3) is 0.500. The third kappa shape index (κ3) is 3.14. The Kier molecular flexibility index (Phi) is 4.28. The quantitative estimate of drug-likeness (QED) is 0.805. The molecule has 0 spiro atoms. The number of rotatable bonds is 3. The molecule has 90 valence electrons. The van der Waals surface area contributed by atoms with Crippen LogP contribution in [0.5, 0.6) is 5.75 Å². The zero-order chi connectivity index (χ0) is 12.1. The van der Waals surface area contributed by atoms with Gasteiger partial charge in [0.1, 0.15) is 17.4 Å². The first-order chi connectivity index (χ1) is 8.31. The lowest BCUT2D eigenvalue weighted by Gasteiger charge is -2.21. The van der Waals surface area contributed by atoms with Gasteiger partial charge in [0, 0.05) is 0 Å². The Labute approximate surface area is 107 Å². The van der Waals surface area contributed by atoms with E-state index >= 15 is 0 Å². The van der Waals surface area contributed by atoms with Gasteiger partial charge in [-0.25, -0.2) is 0 Å². The van der Waals surface area contributed by atoms with E-state index in [1.54, 1.807) is 6.07 Å². The van der Waals surface area contributed by atoms with Gasteiger partial charge in [0.2, 0.25) is 0 Å². The minimum Gasteiger partial charge on any atom is -0.492 e. The van der Waals surface area contributed by atoms with Crippen molar-refractivity contribution in [3.8, 4) is 11.8 Å². The molecule has 0 aliphatic heterocycles. The maximum Gasteiger partial charge on any atom is 0.138 e. The van der Waals surface area contributed by atoms with Crippen molar-refractivity contribution in [3.05, 3.63) is 28.8 Å². The second-order valence-corrected chi connectivity index (χ2v) is 4.95. The topological polar surface area (TPSA) is 33.0 Å². The van der Waals surface area contributed by atoms with E-state index < -0.39 is 0 Å². The number of ether oxygens (including phenoxy) is 1. The first-order valence-corrected chi connectivity index (χ1v) is 6.50. The molecule has 1 aliphatic rings. The molecule has 0 saturated heterocycles. The van der Waals surface area contributed by atoms with E-state index in [0.29, 0.717) is 28.9 Å². The Morgan fingerprint density at radius 3 is 2.76 bits per heavy atom. The second-order valence-electron chi connectivity index (χ2n) is 4.54. The summed E-state index contributed by atoms with van der Waals surface area (Å²) in [5, 5.41) is 9.49. The minimum atomic E-state index is 0.449. The summed E-state index contributed by atoms with van der Waals surface area (Å²) in [6.07, 6.45) is 6.42. The van der Waals surface area contributed by atoms with Crippen LogP contribution in [-0.2, 0) is 0 Å². The maximum atomic E-state index is 9.02. The summed E-state index contributed by atoms with van der Waals surface area (Å²) in [6.45, 7) is 0.703. The van der Waals surface area contributed by atoms with E-state index in [4.69, 9.17) is 21.6 Å². The molecule has 3 heteroatoms. The molecule has 0 heterocycles. The molecule has 0 bridgehead atoms. The molecule has 0 amide bonds. The smallest absolute Gasteiger partial charge is 0.138 e. The first-order valence-electron chi connectivity index (χ1n) is 6.12. The Balaban J connectivity index is 1.99. The van der Waals surface area contributed by atoms with Crippen LogP contribution in [0, 0.1) is 17.2 Å². The van der Waals surface area contributed by atoms with Crippen molar-refractivity contribution >= 4 is 11.6 Å². The summed E-state index contributed by atoms with van der Waals surface area (Å²) in [7, 11) is 0. The third-order valence-corrected chi connectivity index (χ3v) is 3.60. The van der Waals surface area contributed by atoms with E-state index in [-0.39, 0.29) is 0 Å². The normalized spacial score (nSPS) is 16.5. The minimum absolute atomic E-state index is 0.449. The molecule has 1 aromatic carbocycles. The first kappa shape index (κ1) is 12.3. The van der Waals surface area contributed by atoms with Crippen molar-refractivity contribution in [1.82, 2.24) is 0 Å².